The van der Waals surface area contributed by atoms with Crippen LogP contribution in [0.4, 0.5) is 0 Å². The molecule has 0 aromatic heterocycles. The highest BCUT2D eigenvalue weighted by molar-refractivity contribution is 5.65. The van der Waals surface area contributed by atoms with Gasteiger partial charge in [-0.05, 0) is 0 Å². The molecule has 15 heavy (non-hydrogen) atoms. The Balaban J connectivity index is -0.000000155. The SMILES string of the molecule is CC(=O)OCCO.OCCO.OCCO. The highest BCUT2D eigenvalue weighted by Crippen LogP contribution is 1.71. The number of aliphatic hydroxyl groups is 5. The van der Waals surface area contributed by atoms with E-state index in [1.807, 2.05) is 0 Å². The van der Waals surface area contributed by atoms with Gasteiger partial charge in [0.05, 0.1) is 33.0 Å². The van der Waals surface area contributed by atoms with Gasteiger partial charge in [-0.3, -0.25) is 4.79 Å². The Morgan fingerprint density at radius 1 is 0.867 bits per heavy atom. The molecule has 0 bridgehead atoms. The molecule has 0 atom stereocenters. The van der Waals surface area contributed by atoms with Crippen LogP contribution >= 0.6 is 0 Å². The minimum absolute atomic E-state index is 0.0976. The summed E-state index contributed by atoms with van der Waals surface area (Å²) in [5.74, 6) is -0.353. The van der Waals surface area contributed by atoms with E-state index in [0.29, 0.717) is 0 Å². The Morgan fingerprint density at radius 3 is 1.27 bits per heavy atom. The van der Waals surface area contributed by atoms with Gasteiger partial charge in [0.2, 0.25) is 0 Å². The summed E-state index contributed by atoms with van der Waals surface area (Å²) in [6.45, 7) is 0.810. The maximum Gasteiger partial charge on any atom is 0.302 e. The quantitative estimate of drug-likeness (QED) is 0.336. The van der Waals surface area contributed by atoms with Crippen LogP contribution in [0, 0.1) is 0 Å². The van der Waals surface area contributed by atoms with Crippen molar-refractivity contribution in [2.45, 2.75) is 6.92 Å². The number of rotatable bonds is 4. The molecule has 0 unspecified atom stereocenters. The molecule has 0 aromatic rings. The highest BCUT2D eigenvalue weighted by Gasteiger charge is 1.86. The fourth-order valence-corrected chi connectivity index (χ4v) is 0.189. The van der Waals surface area contributed by atoms with E-state index in [2.05, 4.69) is 4.74 Å². The molecule has 5 N–H and O–H groups in total. The van der Waals surface area contributed by atoms with Crippen LogP contribution in [0.5, 0.6) is 0 Å². The van der Waals surface area contributed by atoms with Crippen molar-refractivity contribution < 1.29 is 35.1 Å². The van der Waals surface area contributed by atoms with E-state index in [1.54, 1.807) is 0 Å². The van der Waals surface area contributed by atoms with Crippen molar-refractivity contribution in [2.24, 2.45) is 0 Å². The summed E-state index contributed by atoms with van der Waals surface area (Å²) < 4.78 is 4.30. The Morgan fingerprint density at radius 2 is 1.20 bits per heavy atom. The van der Waals surface area contributed by atoms with Gasteiger partial charge in [-0.25, -0.2) is 0 Å². The molecule has 0 aliphatic carbocycles. The first-order valence-electron chi connectivity index (χ1n) is 4.28. The fourth-order valence-electron chi connectivity index (χ4n) is 0.189. The van der Waals surface area contributed by atoms with Crippen molar-refractivity contribution in [1.82, 2.24) is 0 Å². The molecule has 0 saturated carbocycles. The van der Waals surface area contributed by atoms with Gasteiger partial charge in [0.1, 0.15) is 6.61 Å². The lowest BCUT2D eigenvalue weighted by molar-refractivity contribution is -0.141. The Hall–Kier alpha value is -0.730. The van der Waals surface area contributed by atoms with E-state index in [9.17, 15) is 4.79 Å². The molecule has 0 aromatic carbocycles. The summed E-state index contributed by atoms with van der Waals surface area (Å²) in [6.07, 6.45) is 0. The molecule has 0 rings (SSSR count). The third-order valence-corrected chi connectivity index (χ3v) is 0.597. The van der Waals surface area contributed by atoms with E-state index in [4.69, 9.17) is 25.5 Å². The molecule has 0 spiro atoms. The second-order valence-corrected chi connectivity index (χ2v) is 1.96. The maximum absolute atomic E-state index is 9.87. The summed E-state index contributed by atoms with van der Waals surface area (Å²) in [4.78, 5) is 9.87. The van der Waals surface area contributed by atoms with Crippen molar-refractivity contribution in [3.8, 4) is 0 Å². The van der Waals surface area contributed by atoms with Crippen LogP contribution in [0.2, 0.25) is 0 Å². The van der Waals surface area contributed by atoms with Gasteiger partial charge >= 0.3 is 5.97 Å². The highest BCUT2D eigenvalue weighted by atomic mass is 16.5. The molecular formula is C8H20O7. The first-order valence-corrected chi connectivity index (χ1v) is 4.28. The summed E-state index contributed by atoms with van der Waals surface area (Å²) in [6, 6.07) is 0. The molecule has 0 aliphatic rings. The second kappa shape index (κ2) is 23.2. The number of carbonyl (C=O) groups is 1. The lowest BCUT2D eigenvalue weighted by Gasteiger charge is -1.93. The molecule has 0 amide bonds. The monoisotopic (exact) mass is 228 g/mol. The molecule has 7 heteroatoms. The van der Waals surface area contributed by atoms with Gasteiger partial charge in [-0.1, -0.05) is 0 Å². The molecule has 0 heterocycles. The maximum atomic E-state index is 9.87. The zero-order chi connectivity index (χ0) is 12.5. The van der Waals surface area contributed by atoms with Crippen LogP contribution in [0.3, 0.4) is 0 Å². The fraction of sp³-hybridized carbons (Fsp3) is 0.875. The minimum Gasteiger partial charge on any atom is -0.463 e. The van der Waals surface area contributed by atoms with Crippen molar-refractivity contribution >= 4 is 5.97 Å². The smallest absolute Gasteiger partial charge is 0.302 e. The number of hydrogen-bond acceptors (Lipinski definition) is 7. The van der Waals surface area contributed by atoms with Crippen LogP contribution in [-0.2, 0) is 9.53 Å². The first-order chi connectivity index (χ1) is 7.10. The topological polar surface area (TPSA) is 127 Å². The average Bonchev–Trinajstić information content (AvgIpc) is 2.27. The van der Waals surface area contributed by atoms with Gasteiger partial charge < -0.3 is 30.3 Å². The molecule has 7 nitrogen and oxygen atoms in total. The van der Waals surface area contributed by atoms with Crippen molar-refractivity contribution in [2.75, 3.05) is 39.6 Å². The third-order valence-electron chi connectivity index (χ3n) is 0.597. The van der Waals surface area contributed by atoms with Gasteiger partial charge in [-0.2, -0.15) is 0 Å². The zero-order valence-electron chi connectivity index (χ0n) is 8.80. The predicted molar refractivity (Wildman–Crippen MR) is 52.1 cm³/mol. The van der Waals surface area contributed by atoms with E-state index in [-0.39, 0.29) is 45.6 Å². The summed E-state index contributed by atoms with van der Waals surface area (Å²) in [5, 5.41) is 38.5. The summed E-state index contributed by atoms with van der Waals surface area (Å²) >= 11 is 0. The number of ether oxygens (including phenoxy) is 1. The van der Waals surface area contributed by atoms with Crippen molar-refractivity contribution in [1.29, 1.82) is 0 Å². The third kappa shape index (κ3) is 60.7. The second-order valence-electron chi connectivity index (χ2n) is 1.96. The molecule has 0 fully saturated rings. The number of aliphatic hydroxyl groups excluding tert-OH is 5. The van der Waals surface area contributed by atoms with Crippen LogP contribution in [-0.4, -0.2) is 71.1 Å². The standard InChI is InChI=1S/C4H8O3.2C2H6O2/c1-4(6)7-3-2-5;2*3-1-2-4/h5H,2-3H2,1H3;2*3-4H,1-2H2. The number of hydrogen-bond donors (Lipinski definition) is 5. The van der Waals surface area contributed by atoms with Gasteiger partial charge in [-0.15, -0.1) is 0 Å². The van der Waals surface area contributed by atoms with E-state index in [1.165, 1.54) is 6.92 Å². The lowest BCUT2D eigenvalue weighted by atomic mass is 10.7. The predicted octanol–water partition coefficient (Wildman–Crippen LogP) is -2.52. The first kappa shape index (κ1) is 19.8. The van der Waals surface area contributed by atoms with E-state index >= 15 is 0 Å². The summed E-state index contributed by atoms with van der Waals surface area (Å²) in [7, 11) is 0. The number of esters is 1. The van der Waals surface area contributed by atoms with Gasteiger partial charge in [0.15, 0.2) is 0 Å². The average molecular weight is 228 g/mol. The van der Waals surface area contributed by atoms with Crippen LogP contribution in [0.25, 0.3) is 0 Å². The summed E-state index contributed by atoms with van der Waals surface area (Å²) in [5.41, 5.74) is 0. The molecule has 0 saturated heterocycles. The van der Waals surface area contributed by atoms with Crippen LogP contribution in [0.1, 0.15) is 6.92 Å². The molecule has 0 aliphatic heterocycles. The van der Waals surface area contributed by atoms with E-state index < -0.39 is 0 Å². The molecule has 94 valence electrons. The van der Waals surface area contributed by atoms with Gasteiger partial charge in [0.25, 0.3) is 0 Å². The minimum atomic E-state index is -0.353. The van der Waals surface area contributed by atoms with Crippen LogP contribution in [0.15, 0.2) is 0 Å². The van der Waals surface area contributed by atoms with Crippen molar-refractivity contribution in [3.05, 3.63) is 0 Å². The normalized spacial score (nSPS) is 7.87. The Kier molecular flexibility index (Phi) is 30.7. The lowest BCUT2D eigenvalue weighted by Crippen LogP contribution is -2.03. The largest absolute Gasteiger partial charge is 0.463 e. The van der Waals surface area contributed by atoms with Crippen molar-refractivity contribution in [3.63, 3.8) is 0 Å². The van der Waals surface area contributed by atoms with Crippen LogP contribution < -0.4 is 0 Å². The molecular weight excluding hydrogens is 208 g/mol. The van der Waals surface area contributed by atoms with E-state index in [0.717, 1.165) is 0 Å². The Labute approximate surface area is 88.6 Å². The number of carbonyl (C=O) groups excluding carboxylic acids is 1. The van der Waals surface area contributed by atoms with Gasteiger partial charge in [0, 0.05) is 6.92 Å². The molecule has 0 radical (unpaired) electrons. The Bertz CT molecular complexity index is 99.2. The zero-order valence-corrected chi connectivity index (χ0v) is 8.80.